The van der Waals surface area contributed by atoms with Crippen molar-refractivity contribution in [1.82, 2.24) is 9.47 Å². The number of nitrogens with zero attached hydrogens (tertiary/aromatic N) is 2. The van der Waals surface area contributed by atoms with Crippen LogP contribution in [0.3, 0.4) is 0 Å². The highest BCUT2D eigenvalue weighted by Gasteiger charge is 2.19. The molecule has 0 unspecified atom stereocenters. The van der Waals surface area contributed by atoms with Crippen molar-refractivity contribution < 1.29 is 17.6 Å². The number of nitrogens with two attached hydrogens (primary N) is 1. The molecule has 0 saturated carbocycles. The zero-order valence-corrected chi connectivity index (χ0v) is 19.0. The molecule has 2 aromatic carbocycles. The molecule has 31 heavy (non-hydrogen) atoms. The van der Waals surface area contributed by atoms with Crippen molar-refractivity contribution in [2.45, 2.75) is 25.3 Å². The maximum atomic E-state index is 14.0. The summed E-state index contributed by atoms with van der Waals surface area (Å²) in [5.41, 5.74) is 3.15. The van der Waals surface area contributed by atoms with Crippen molar-refractivity contribution in [2.75, 3.05) is 13.6 Å². The number of hydrogen-bond donors (Lipinski definition) is 1. The Morgan fingerprint density at radius 1 is 1.16 bits per heavy atom. The van der Waals surface area contributed by atoms with E-state index in [-0.39, 0.29) is 23.8 Å². The van der Waals surface area contributed by atoms with Crippen LogP contribution in [0.2, 0.25) is 5.02 Å². The molecule has 1 aromatic heterocycles. The molecule has 0 amide bonds. The smallest absolute Gasteiger partial charge is 0.238 e. The van der Waals surface area contributed by atoms with Gasteiger partial charge in [0.1, 0.15) is 5.82 Å². The molecule has 0 atom stereocenters. The van der Waals surface area contributed by atoms with E-state index in [1.54, 1.807) is 36.2 Å². The maximum absolute atomic E-state index is 14.0. The number of carbonyl (C=O) groups excluding carboxylic acids is 1. The number of primary sulfonamides is 1. The van der Waals surface area contributed by atoms with Crippen molar-refractivity contribution in [3.8, 4) is 5.69 Å². The van der Waals surface area contributed by atoms with Crippen molar-refractivity contribution in [2.24, 2.45) is 5.14 Å². The Balaban J connectivity index is 1.82. The summed E-state index contributed by atoms with van der Waals surface area (Å²) in [5.74, 6) is -0.525. The molecule has 1 heterocycles. The molecule has 2 N–H and O–H groups in total. The topological polar surface area (TPSA) is 85.4 Å². The lowest BCUT2D eigenvalue weighted by molar-refractivity contribution is 0.0941. The highest BCUT2D eigenvalue weighted by atomic mass is 35.5. The second-order valence-corrected chi connectivity index (χ2v) is 9.42. The molecule has 0 fully saturated rings. The highest BCUT2D eigenvalue weighted by molar-refractivity contribution is 7.89. The van der Waals surface area contributed by atoms with Gasteiger partial charge in [0, 0.05) is 39.8 Å². The number of sulfonamides is 1. The SMILES string of the molecule is Cc1cc(C(=O)CN(C)Cc2c(F)cccc2Cl)c(C)n1-c1ccc(S(N)(=O)=O)cc1. The van der Waals surface area contributed by atoms with Gasteiger partial charge in [-0.1, -0.05) is 17.7 Å². The number of halogens is 2. The zero-order chi connectivity index (χ0) is 22.9. The maximum Gasteiger partial charge on any atom is 0.238 e. The second-order valence-electron chi connectivity index (χ2n) is 7.45. The molecule has 3 aromatic rings. The van der Waals surface area contributed by atoms with Crippen LogP contribution in [0.25, 0.3) is 5.69 Å². The average Bonchev–Trinajstić information content (AvgIpc) is 2.98. The first-order chi connectivity index (χ1) is 14.5. The van der Waals surface area contributed by atoms with E-state index in [1.807, 2.05) is 18.4 Å². The largest absolute Gasteiger partial charge is 0.318 e. The Morgan fingerprint density at radius 3 is 2.39 bits per heavy atom. The summed E-state index contributed by atoms with van der Waals surface area (Å²) in [7, 11) is -2.05. The molecule has 0 bridgehead atoms. The third-order valence-corrected chi connectivity index (χ3v) is 6.34. The summed E-state index contributed by atoms with van der Waals surface area (Å²) in [5, 5.41) is 5.47. The molecule has 0 radical (unpaired) electrons. The molecular weight excluding hydrogens is 441 g/mol. The van der Waals surface area contributed by atoms with Crippen molar-refractivity contribution in [3.63, 3.8) is 0 Å². The van der Waals surface area contributed by atoms with Crippen molar-refractivity contribution in [3.05, 3.63) is 81.9 Å². The van der Waals surface area contributed by atoms with Gasteiger partial charge in [-0.25, -0.2) is 17.9 Å². The highest BCUT2D eigenvalue weighted by Crippen LogP contribution is 2.24. The van der Waals surface area contributed by atoms with Crippen LogP contribution in [0.4, 0.5) is 4.39 Å². The molecule has 0 aliphatic rings. The molecule has 0 saturated heterocycles. The minimum Gasteiger partial charge on any atom is -0.318 e. The lowest BCUT2D eigenvalue weighted by atomic mass is 10.1. The van der Waals surface area contributed by atoms with E-state index in [0.717, 1.165) is 11.4 Å². The van der Waals surface area contributed by atoms with Crippen LogP contribution < -0.4 is 5.14 Å². The predicted octanol–water partition coefficient (Wildman–Crippen LogP) is 3.85. The molecule has 3 rings (SSSR count). The fourth-order valence-electron chi connectivity index (χ4n) is 3.57. The van der Waals surface area contributed by atoms with Crippen molar-refractivity contribution in [1.29, 1.82) is 0 Å². The van der Waals surface area contributed by atoms with Crippen molar-refractivity contribution >= 4 is 27.4 Å². The first-order valence-corrected chi connectivity index (χ1v) is 11.4. The van der Waals surface area contributed by atoms with E-state index in [1.165, 1.54) is 24.3 Å². The van der Waals surface area contributed by atoms with Crippen LogP contribution in [0, 0.1) is 19.7 Å². The van der Waals surface area contributed by atoms with Gasteiger partial charge in [0.25, 0.3) is 0 Å². The number of Topliss-reactive ketones (excluding diaryl/α,β-unsaturated/α-hetero) is 1. The molecular formula is C22H23ClFN3O3S. The minimum atomic E-state index is -3.78. The number of aromatic nitrogens is 1. The van der Waals surface area contributed by atoms with Crippen LogP contribution in [0.5, 0.6) is 0 Å². The Bertz CT molecular complexity index is 1220. The van der Waals surface area contributed by atoms with Crippen LogP contribution in [0.1, 0.15) is 27.3 Å². The standard InChI is InChI=1S/C22H23ClFN3O3S/c1-14-11-18(15(2)27(14)16-7-9-17(10-8-16)31(25,29)30)22(28)13-26(3)12-19-20(23)5-4-6-21(19)24/h4-11H,12-13H2,1-3H3,(H2,25,29,30). The van der Waals surface area contributed by atoms with Gasteiger partial charge in [0.05, 0.1) is 11.4 Å². The Kier molecular flexibility index (Phi) is 6.66. The van der Waals surface area contributed by atoms with Crippen LogP contribution in [-0.4, -0.2) is 37.3 Å². The van der Waals surface area contributed by atoms with E-state index < -0.39 is 15.8 Å². The van der Waals surface area contributed by atoms with Gasteiger partial charge in [-0.2, -0.15) is 0 Å². The van der Waals surface area contributed by atoms with Crippen LogP contribution in [0.15, 0.2) is 53.4 Å². The van der Waals surface area contributed by atoms with E-state index >= 15 is 0 Å². The quantitative estimate of drug-likeness (QED) is 0.539. The summed E-state index contributed by atoms with van der Waals surface area (Å²) >= 11 is 6.08. The lowest BCUT2D eigenvalue weighted by Gasteiger charge is -2.17. The third-order valence-electron chi connectivity index (χ3n) is 5.06. The van der Waals surface area contributed by atoms with Gasteiger partial charge in [-0.05, 0) is 63.4 Å². The molecule has 6 nitrogen and oxygen atoms in total. The summed E-state index contributed by atoms with van der Waals surface area (Å²) in [6.45, 7) is 3.96. The van der Waals surface area contributed by atoms with Gasteiger partial charge >= 0.3 is 0 Å². The van der Waals surface area contributed by atoms with Gasteiger partial charge in [-0.15, -0.1) is 0 Å². The Morgan fingerprint density at radius 2 is 1.81 bits per heavy atom. The van der Waals surface area contributed by atoms with Gasteiger partial charge in [0.2, 0.25) is 10.0 Å². The summed E-state index contributed by atoms with van der Waals surface area (Å²) < 4.78 is 38.9. The predicted molar refractivity (Wildman–Crippen MR) is 119 cm³/mol. The first-order valence-electron chi connectivity index (χ1n) is 9.46. The fourth-order valence-corrected chi connectivity index (χ4v) is 4.31. The number of aryl methyl sites for hydroxylation is 1. The van der Waals surface area contributed by atoms with E-state index in [2.05, 4.69) is 0 Å². The van der Waals surface area contributed by atoms with Crippen LogP contribution in [-0.2, 0) is 16.6 Å². The fraction of sp³-hybridized carbons (Fsp3) is 0.227. The number of carbonyl (C=O) groups is 1. The zero-order valence-electron chi connectivity index (χ0n) is 17.4. The molecule has 164 valence electrons. The molecule has 0 aliphatic heterocycles. The number of ketones is 1. The second kappa shape index (κ2) is 8.92. The summed E-state index contributed by atoms with van der Waals surface area (Å²) in [4.78, 5) is 14.7. The lowest BCUT2D eigenvalue weighted by Crippen LogP contribution is -2.26. The number of likely N-dealkylation sites (N-methyl/N-ethyl adjacent to an activating group) is 1. The molecule has 9 heteroatoms. The van der Waals surface area contributed by atoms with E-state index in [4.69, 9.17) is 16.7 Å². The normalized spacial score (nSPS) is 11.8. The molecule has 0 aliphatic carbocycles. The van der Waals surface area contributed by atoms with Crippen LogP contribution >= 0.6 is 11.6 Å². The van der Waals surface area contributed by atoms with Gasteiger partial charge in [0.15, 0.2) is 5.78 Å². The van der Waals surface area contributed by atoms with Gasteiger partial charge < -0.3 is 4.57 Å². The Labute approximate surface area is 186 Å². The third kappa shape index (κ3) is 5.04. The Hall–Kier alpha value is -2.52. The van der Waals surface area contributed by atoms with Gasteiger partial charge in [-0.3, -0.25) is 9.69 Å². The monoisotopic (exact) mass is 463 g/mol. The number of benzene rings is 2. The number of rotatable bonds is 7. The average molecular weight is 464 g/mol. The first kappa shape index (κ1) is 23.1. The van der Waals surface area contributed by atoms with E-state index in [0.29, 0.717) is 21.8 Å². The van der Waals surface area contributed by atoms with E-state index in [9.17, 15) is 17.6 Å². The minimum absolute atomic E-state index is 0.0171. The summed E-state index contributed by atoms with van der Waals surface area (Å²) in [6, 6.07) is 12.4. The molecule has 0 spiro atoms. The number of hydrogen-bond acceptors (Lipinski definition) is 4. The summed E-state index contributed by atoms with van der Waals surface area (Å²) in [6.07, 6.45) is 0.